The Morgan fingerprint density at radius 3 is 2.58 bits per heavy atom. The average Bonchev–Trinajstić information content (AvgIpc) is 2.38. The minimum atomic E-state index is 0.570. The van der Waals surface area contributed by atoms with Crippen LogP contribution in [-0.2, 0) is 6.42 Å². The molecule has 0 saturated carbocycles. The van der Waals surface area contributed by atoms with Gasteiger partial charge < -0.3 is 10.5 Å². The summed E-state index contributed by atoms with van der Waals surface area (Å²) in [6.45, 7) is 4.49. The van der Waals surface area contributed by atoms with Crippen LogP contribution in [0.2, 0.25) is 5.02 Å². The lowest BCUT2D eigenvalue weighted by Gasteiger charge is -2.11. The monoisotopic (exact) mass is 276 g/mol. The van der Waals surface area contributed by atoms with E-state index in [2.05, 4.69) is 4.98 Å². The van der Waals surface area contributed by atoms with Crippen molar-refractivity contribution in [2.45, 2.75) is 20.3 Å². The molecule has 1 heterocycles. The molecule has 0 atom stereocenters. The Morgan fingerprint density at radius 1 is 1.26 bits per heavy atom. The van der Waals surface area contributed by atoms with Gasteiger partial charge in [0.15, 0.2) is 0 Å². The maximum absolute atomic E-state index is 6.15. The number of ether oxygens (including phenoxy) is 1. The molecule has 0 unspecified atom stereocenters. The Morgan fingerprint density at radius 2 is 1.95 bits per heavy atom. The Balaban J connectivity index is 2.31. The molecule has 2 aromatic rings. The third-order valence-corrected chi connectivity index (χ3v) is 3.48. The number of hydrogen-bond donors (Lipinski definition) is 1. The first-order valence-electron chi connectivity index (χ1n) is 6.20. The van der Waals surface area contributed by atoms with E-state index in [1.807, 2.05) is 38.1 Å². The number of halogens is 1. The highest BCUT2D eigenvalue weighted by atomic mass is 35.5. The minimum Gasteiger partial charge on any atom is -0.439 e. The van der Waals surface area contributed by atoms with E-state index in [9.17, 15) is 0 Å². The third-order valence-electron chi connectivity index (χ3n) is 2.89. The quantitative estimate of drug-likeness (QED) is 0.927. The molecule has 3 nitrogen and oxygen atoms in total. The molecule has 19 heavy (non-hydrogen) atoms. The van der Waals surface area contributed by atoms with E-state index in [0.717, 1.165) is 33.9 Å². The van der Waals surface area contributed by atoms with Crippen LogP contribution in [-0.4, -0.2) is 11.5 Å². The maximum atomic E-state index is 6.15. The van der Waals surface area contributed by atoms with Crippen LogP contribution in [0.25, 0.3) is 0 Å². The average molecular weight is 277 g/mol. The second kappa shape index (κ2) is 6.04. The highest BCUT2D eigenvalue weighted by molar-refractivity contribution is 6.32. The number of benzene rings is 1. The summed E-state index contributed by atoms with van der Waals surface area (Å²) in [5.41, 5.74) is 8.59. The van der Waals surface area contributed by atoms with Crippen molar-refractivity contribution in [2.75, 3.05) is 6.54 Å². The molecule has 0 aliphatic heterocycles. The van der Waals surface area contributed by atoms with Gasteiger partial charge in [-0.15, -0.1) is 0 Å². The van der Waals surface area contributed by atoms with Crippen LogP contribution in [0, 0.1) is 13.8 Å². The molecule has 1 aromatic carbocycles. The van der Waals surface area contributed by atoms with Crippen molar-refractivity contribution in [3.63, 3.8) is 0 Å². The van der Waals surface area contributed by atoms with Gasteiger partial charge in [0.05, 0.1) is 0 Å². The highest BCUT2D eigenvalue weighted by Crippen LogP contribution is 2.29. The van der Waals surface area contributed by atoms with Crippen molar-refractivity contribution in [1.29, 1.82) is 0 Å². The van der Waals surface area contributed by atoms with Gasteiger partial charge >= 0.3 is 0 Å². The Kier molecular flexibility index (Phi) is 4.40. The molecule has 0 radical (unpaired) electrons. The molecule has 0 amide bonds. The Bertz CT molecular complexity index is 561. The first kappa shape index (κ1) is 13.8. The van der Waals surface area contributed by atoms with Gasteiger partial charge in [-0.3, -0.25) is 0 Å². The standard InChI is InChI=1S/C15H17ClN2O/c1-10-8-13(9-11(2)14(10)16)19-15-12(5-6-17)4-3-7-18-15/h3-4,7-9H,5-6,17H2,1-2H3. The maximum Gasteiger partial charge on any atom is 0.222 e. The summed E-state index contributed by atoms with van der Waals surface area (Å²) >= 11 is 6.15. The number of nitrogens with two attached hydrogens (primary N) is 1. The van der Waals surface area contributed by atoms with Crippen LogP contribution in [0.3, 0.4) is 0 Å². The van der Waals surface area contributed by atoms with Gasteiger partial charge in [-0.25, -0.2) is 4.98 Å². The summed E-state index contributed by atoms with van der Waals surface area (Å²) in [5, 5.41) is 0.774. The summed E-state index contributed by atoms with van der Waals surface area (Å²) in [7, 11) is 0. The molecule has 0 aliphatic rings. The molecular formula is C15H17ClN2O. The topological polar surface area (TPSA) is 48.1 Å². The molecule has 0 bridgehead atoms. The molecular weight excluding hydrogens is 260 g/mol. The number of nitrogens with zero attached hydrogens (tertiary/aromatic N) is 1. The molecule has 2 rings (SSSR count). The summed E-state index contributed by atoms with van der Waals surface area (Å²) in [5.74, 6) is 1.35. The predicted molar refractivity (Wildman–Crippen MR) is 78.0 cm³/mol. The zero-order chi connectivity index (χ0) is 13.8. The largest absolute Gasteiger partial charge is 0.439 e. The fraction of sp³-hybridized carbons (Fsp3) is 0.267. The van der Waals surface area contributed by atoms with Crippen molar-refractivity contribution in [2.24, 2.45) is 5.73 Å². The first-order valence-corrected chi connectivity index (χ1v) is 6.58. The molecule has 1 aromatic heterocycles. The van der Waals surface area contributed by atoms with Crippen LogP contribution >= 0.6 is 11.6 Å². The lowest BCUT2D eigenvalue weighted by atomic mass is 10.1. The van der Waals surface area contributed by atoms with Gasteiger partial charge in [0.1, 0.15) is 5.75 Å². The first-order chi connectivity index (χ1) is 9.11. The van der Waals surface area contributed by atoms with Gasteiger partial charge in [0.2, 0.25) is 5.88 Å². The van der Waals surface area contributed by atoms with Gasteiger partial charge in [0, 0.05) is 16.8 Å². The normalized spacial score (nSPS) is 10.5. The molecule has 0 fully saturated rings. The van der Waals surface area contributed by atoms with E-state index in [4.69, 9.17) is 22.1 Å². The van der Waals surface area contributed by atoms with Gasteiger partial charge in [-0.05, 0) is 56.1 Å². The molecule has 2 N–H and O–H groups in total. The van der Waals surface area contributed by atoms with E-state index in [-0.39, 0.29) is 0 Å². The molecule has 4 heteroatoms. The van der Waals surface area contributed by atoms with Crippen LogP contribution in [0.4, 0.5) is 0 Å². The lowest BCUT2D eigenvalue weighted by molar-refractivity contribution is 0.455. The number of pyridine rings is 1. The van der Waals surface area contributed by atoms with Crippen molar-refractivity contribution in [1.82, 2.24) is 4.98 Å². The zero-order valence-corrected chi connectivity index (χ0v) is 11.9. The van der Waals surface area contributed by atoms with Crippen LogP contribution < -0.4 is 10.5 Å². The molecule has 0 spiro atoms. The van der Waals surface area contributed by atoms with Crippen LogP contribution in [0.5, 0.6) is 11.6 Å². The van der Waals surface area contributed by atoms with E-state index >= 15 is 0 Å². The number of aromatic nitrogens is 1. The molecule has 0 aliphatic carbocycles. The Hall–Kier alpha value is -1.58. The smallest absolute Gasteiger partial charge is 0.222 e. The summed E-state index contributed by atoms with van der Waals surface area (Å²) in [4.78, 5) is 4.26. The van der Waals surface area contributed by atoms with Crippen molar-refractivity contribution in [3.8, 4) is 11.6 Å². The summed E-state index contributed by atoms with van der Waals surface area (Å²) in [6.07, 6.45) is 2.46. The highest BCUT2D eigenvalue weighted by Gasteiger charge is 2.08. The van der Waals surface area contributed by atoms with Crippen LogP contribution in [0.15, 0.2) is 30.5 Å². The van der Waals surface area contributed by atoms with Gasteiger partial charge in [-0.1, -0.05) is 17.7 Å². The number of hydrogen-bond acceptors (Lipinski definition) is 3. The number of aryl methyl sites for hydroxylation is 2. The van der Waals surface area contributed by atoms with E-state index in [0.29, 0.717) is 12.4 Å². The Labute approximate surface area is 118 Å². The summed E-state index contributed by atoms with van der Waals surface area (Å²) < 4.78 is 5.85. The fourth-order valence-corrected chi connectivity index (χ4v) is 2.05. The van der Waals surface area contributed by atoms with Crippen LogP contribution in [0.1, 0.15) is 16.7 Å². The van der Waals surface area contributed by atoms with Gasteiger partial charge in [-0.2, -0.15) is 0 Å². The predicted octanol–water partition coefficient (Wildman–Crippen LogP) is 3.65. The number of rotatable bonds is 4. The molecule has 100 valence electrons. The zero-order valence-electron chi connectivity index (χ0n) is 11.1. The van der Waals surface area contributed by atoms with E-state index in [1.54, 1.807) is 6.20 Å². The molecule has 0 saturated heterocycles. The van der Waals surface area contributed by atoms with Crippen molar-refractivity contribution in [3.05, 3.63) is 52.2 Å². The van der Waals surface area contributed by atoms with E-state index in [1.165, 1.54) is 0 Å². The summed E-state index contributed by atoms with van der Waals surface area (Å²) in [6, 6.07) is 7.69. The second-order valence-electron chi connectivity index (χ2n) is 4.48. The lowest BCUT2D eigenvalue weighted by Crippen LogP contribution is -2.04. The van der Waals surface area contributed by atoms with Gasteiger partial charge in [0.25, 0.3) is 0 Å². The second-order valence-corrected chi connectivity index (χ2v) is 4.86. The third kappa shape index (κ3) is 3.25. The SMILES string of the molecule is Cc1cc(Oc2ncccc2CCN)cc(C)c1Cl. The van der Waals surface area contributed by atoms with E-state index < -0.39 is 0 Å². The minimum absolute atomic E-state index is 0.570. The van der Waals surface area contributed by atoms with Crippen molar-refractivity contribution < 1.29 is 4.74 Å². The fourth-order valence-electron chi connectivity index (χ4n) is 1.94. The van der Waals surface area contributed by atoms with Crippen molar-refractivity contribution >= 4 is 11.6 Å².